The van der Waals surface area contributed by atoms with Crippen LogP contribution < -0.4 is 0 Å². The third-order valence-corrected chi connectivity index (χ3v) is 8.25. The maximum Gasteiger partial charge on any atom is 0.130 e. The molecule has 0 unspecified atom stereocenters. The number of hydrogen-bond acceptors (Lipinski definition) is 3. The van der Waals surface area contributed by atoms with Crippen molar-refractivity contribution in [2.24, 2.45) is 5.92 Å². The summed E-state index contributed by atoms with van der Waals surface area (Å²) in [5, 5.41) is 37.9. The first-order chi connectivity index (χ1) is 16.4. The summed E-state index contributed by atoms with van der Waals surface area (Å²) in [5.41, 5.74) is -0.925. The third kappa shape index (κ3) is 2.58. The van der Waals surface area contributed by atoms with Crippen molar-refractivity contribution in [2.45, 2.75) is 35.6 Å². The predicted molar refractivity (Wildman–Crippen MR) is 132 cm³/mol. The normalized spacial score (nSPS) is 33.9. The lowest BCUT2D eigenvalue weighted by atomic mass is 9.69. The molecule has 0 heterocycles. The Balaban J connectivity index is 1.75. The largest absolute Gasteiger partial charge is 0.385 e. The number of hydrogen-bond donors (Lipinski definition) is 3. The van der Waals surface area contributed by atoms with Gasteiger partial charge in [0.2, 0.25) is 0 Å². The van der Waals surface area contributed by atoms with E-state index in [9.17, 15) is 15.3 Å². The molecule has 4 aromatic rings. The van der Waals surface area contributed by atoms with Crippen molar-refractivity contribution in [3.05, 3.63) is 143 Å². The van der Waals surface area contributed by atoms with E-state index in [-0.39, 0.29) is 5.92 Å². The fourth-order valence-corrected chi connectivity index (χ4v) is 7.00. The van der Waals surface area contributed by atoms with Crippen molar-refractivity contribution in [2.75, 3.05) is 0 Å². The van der Waals surface area contributed by atoms with Crippen LogP contribution in [0.5, 0.6) is 0 Å². The molecular weight excluding hydrogens is 420 g/mol. The molecule has 3 N–H and O–H groups in total. The third-order valence-electron chi connectivity index (χ3n) is 8.25. The molecular formula is C31H28O3. The molecule has 0 saturated heterocycles. The highest BCUT2D eigenvalue weighted by atomic mass is 16.4. The Bertz CT molecular complexity index is 1320. The van der Waals surface area contributed by atoms with Gasteiger partial charge in [0, 0.05) is 17.8 Å². The second-order valence-electron chi connectivity index (χ2n) is 9.89. The minimum absolute atomic E-state index is 0.346. The van der Waals surface area contributed by atoms with Crippen LogP contribution in [0.15, 0.2) is 115 Å². The van der Waals surface area contributed by atoms with Gasteiger partial charge in [0.25, 0.3) is 0 Å². The molecule has 3 nitrogen and oxygen atoms in total. The van der Waals surface area contributed by atoms with E-state index < -0.39 is 28.6 Å². The smallest absolute Gasteiger partial charge is 0.130 e. The summed E-state index contributed by atoms with van der Waals surface area (Å²) in [6.45, 7) is 1.78. The zero-order chi connectivity index (χ0) is 23.6. The standard InChI is InChI=1S/C31H28O3/c1-29(32)24-19-11-12-20-25(24)31(34)28(29)26(21-13-5-2-6-14-21)27(22-15-7-3-8-16-22)30(31,33)23-17-9-4-10-18-23/h2-20,26-28,32-34H,1H3/t26-,27+,28-,29+,30-,31-/m1/s1. The van der Waals surface area contributed by atoms with Crippen molar-refractivity contribution in [3.8, 4) is 0 Å². The van der Waals surface area contributed by atoms with E-state index in [1.165, 1.54) is 0 Å². The quantitative estimate of drug-likeness (QED) is 0.405. The molecule has 0 aliphatic heterocycles. The summed E-state index contributed by atoms with van der Waals surface area (Å²) in [6.07, 6.45) is 0. The average Bonchev–Trinajstić information content (AvgIpc) is 3.22. The lowest BCUT2D eigenvalue weighted by Gasteiger charge is -2.43. The fraction of sp³-hybridized carbons (Fsp3) is 0.226. The molecule has 4 aromatic carbocycles. The lowest BCUT2D eigenvalue weighted by Crippen LogP contribution is -2.50. The molecule has 34 heavy (non-hydrogen) atoms. The SMILES string of the molecule is C[C@]1(O)c2ccccc2[C@@]2(O)[C@@H]1[C@H](c1ccccc1)[C@H](c1ccccc1)[C@]2(O)c1ccccc1. The van der Waals surface area contributed by atoms with Crippen molar-refractivity contribution in [1.82, 2.24) is 0 Å². The second kappa shape index (κ2) is 7.38. The molecule has 6 atom stereocenters. The van der Waals surface area contributed by atoms with Crippen molar-refractivity contribution in [1.29, 1.82) is 0 Å². The van der Waals surface area contributed by atoms with Gasteiger partial charge < -0.3 is 15.3 Å². The highest BCUT2D eigenvalue weighted by Gasteiger charge is 2.77. The number of aliphatic hydroxyl groups is 3. The Labute approximate surface area is 200 Å². The summed E-state index contributed by atoms with van der Waals surface area (Å²) >= 11 is 0. The summed E-state index contributed by atoms with van der Waals surface area (Å²) in [5.74, 6) is -1.51. The van der Waals surface area contributed by atoms with Gasteiger partial charge in [-0.2, -0.15) is 0 Å². The van der Waals surface area contributed by atoms with Gasteiger partial charge in [0.1, 0.15) is 11.2 Å². The van der Waals surface area contributed by atoms with Crippen LogP contribution >= 0.6 is 0 Å². The zero-order valence-electron chi connectivity index (χ0n) is 19.0. The number of benzene rings is 4. The molecule has 6 rings (SSSR count). The van der Waals surface area contributed by atoms with Crippen LogP contribution in [0.4, 0.5) is 0 Å². The molecule has 2 aliphatic rings. The van der Waals surface area contributed by atoms with Gasteiger partial charge in [0.05, 0.1) is 5.60 Å². The molecule has 170 valence electrons. The van der Waals surface area contributed by atoms with Gasteiger partial charge in [-0.1, -0.05) is 115 Å². The van der Waals surface area contributed by atoms with Gasteiger partial charge >= 0.3 is 0 Å². The highest BCUT2D eigenvalue weighted by Crippen LogP contribution is 2.74. The van der Waals surface area contributed by atoms with Crippen LogP contribution in [0, 0.1) is 5.92 Å². The van der Waals surface area contributed by atoms with Gasteiger partial charge in [-0.05, 0) is 34.7 Å². The summed E-state index contributed by atoms with van der Waals surface area (Å²) in [4.78, 5) is 0. The van der Waals surface area contributed by atoms with Crippen LogP contribution in [0.2, 0.25) is 0 Å². The Hall–Kier alpha value is -3.24. The van der Waals surface area contributed by atoms with Crippen LogP contribution in [-0.4, -0.2) is 15.3 Å². The summed E-state index contributed by atoms with van der Waals surface area (Å²) < 4.78 is 0. The molecule has 1 saturated carbocycles. The Morgan fingerprint density at radius 2 is 1.00 bits per heavy atom. The minimum Gasteiger partial charge on any atom is -0.385 e. The Morgan fingerprint density at radius 1 is 0.529 bits per heavy atom. The number of rotatable bonds is 3. The minimum atomic E-state index is -1.71. The molecule has 0 radical (unpaired) electrons. The van der Waals surface area contributed by atoms with E-state index in [0.29, 0.717) is 16.7 Å². The molecule has 0 aromatic heterocycles. The Kier molecular flexibility index (Phi) is 4.62. The first kappa shape index (κ1) is 21.3. The number of fused-ring (bicyclic) bond motifs is 3. The van der Waals surface area contributed by atoms with Gasteiger partial charge in [0.15, 0.2) is 0 Å². The van der Waals surface area contributed by atoms with Crippen LogP contribution in [0.1, 0.15) is 46.6 Å². The van der Waals surface area contributed by atoms with Gasteiger partial charge in [-0.3, -0.25) is 0 Å². The first-order valence-corrected chi connectivity index (χ1v) is 11.8. The highest BCUT2D eigenvalue weighted by molar-refractivity contribution is 5.56. The van der Waals surface area contributed by atoms with Crippen LogP contribution in [0.3, 0.4) is 0 Å². The topological polar surface area (TPSA) is 60.7 Å². The van der Waals surface area contributed by atoms with Gasteiger partial charge in [-0.15, -0.1) is 0 Å². The lowest BCUT2D eigenvalue weighted by molar-refractivity contribution is -0.187. The second-order valence-corrected chi connectivity index (χ2v) is 9.89. The monoisotopic (exact) mass is 448 g/mol. The molecule has 1 fully saturated rings. The predicted octanol–water partition coefficient (Wildman–Crippen LogP) is 5.18. The molecule has 0 bridgehead atoms. The molecule has 3 heteroatoms. The maximum atomic E-state index is 13.0. The molecule has 2 aliphatic carbocycles. The summed E-state index contributed by atoms with van der Waals surface area (Å²) in [6, 6.07) is 36.9. The van der Waals surface area contributed by atoms with E-state index in [2.05, 4.69) is 0 Å². The Morgan fingerprint density at radius 3 is 1.59 bits per heavy atom. The van der Waals surface area contributed by atoms with E-state index in [4.69, 9.17) is 0 Å². The first-order valence-electron chi connectivity index (χ1n) is 11.8. The van der Waals surface area contributed by atoms with Crippen molar-refractivity contribution in [3.63, 3.8) is 0 Å². The molecule has 0 amide bonds. The van der Waals surface area contributed by atoms with E-state index >= 15 is 0 Å². The van der Waals surface area contributed by atoms with Crippen molar-refractivity contribution < 1.29 is 15.3 Å². The van der Waals surface area contributed by atoms with E-state index in [1.807, 2.05) is 115 Å². The van der Waals surface area contributed by atoms with Crippen LogP contribution in [-0.2, 0) is 16.8 Å². The zero-order valence-corrected chi connectivity index (χ0v) is 19.0. The average molecular weight is 449 g/mol. The van der Waals surface area contributed by atoms with Crippen LogP contribution in [0.25, 0.3) is 0 Å². The van der Waals surface area contributed by atoms with E-state index in [1.54, 1.807) is 6.92 Å². The van der Waals surface area contributed by atoms with Crippen molar-refractivity contribution >= 4 is 0 Å². The van der Waals surface area contributed by atoms with Gasteiger partial charge in [-0.25, -0.2) is 0 Å². The maximum absolute atomic E-state index is 13.0. The fourth-order valence-electron chi connectivity index (χ4n) is 7.00. The van der Waals surface area contributed by atoms with E-state index in [0.717, 1.165) is 11.1 Å². The molecule has 0 spiro atoms. The summed E-state index contributed by atoms with van der Waals surface area (Å²) in [7, 11) is 0.